The number of hydrogen-bond donors (Lipinski definition) is 2. The van der Waals surface area contributed by atoms with Gasteiger partial charge >= 0.3 is 0 Å². The van der Waals surface area contributed by atoms with Crippen LogP contribution in [0, 0.1) is 13.8 Å². The van der Waals surface area contributed by atoms with Crippen molar-refractivity contribution in [3.8, 4) is 0 Å². The molecule has 0 saturated carbocycles. The Kier molecular flexibility index (Phi) is 4.77. The molecule has 0 aliphatic carbocycles. The Balaban J connectivity index is 0.00000162. The molecule has 1 fully saturated rings. The van der Waals surface area contributed by atoms with Gasteiger partial charge in [-0.1, -0.05) is 0 Å². The van der Waals surface area contributed by atoms with E-state index in [0.717, 1.165) is 13.0 Å². The molecule has 2 rings (SSSR count). The zero-order valence-electron chi connectivity index (χ0n) is 10.7. The highest BCUT2D eigenvalue weighted by molar-refractivity contribution is 7.89. The number of nitrogens with one attached hydrogen (secondary N) is 2. The standard InChI is InChI=1S/C10H18N4O2S.ClH/c1-7-10(8(2)14(3)12-7)17(15,16)13-9-4-5-11-6-9;/h9,11,13H,4-6H2,1-3H3;1H. The molecule has 2 heterocycles. The fourth-order valence-electron chi connectivity index (χ4n) is 2.18. The lowest BCUT2D eigenvalue weighted by Gasteiger charge is -2.12. The van der Waals surface area contributed by atoms with Crippen LogP contribution < -0.4 is 10.0 Å². The van der Waals surface area contributed by atoms with Crippen molar-refractivity contribution in [3.63, 3.8) is 0 Å². The van der Waals surface area contributed by atoms with Gasteiger partial charge in [-0.05, 0) is 26.8 Å². The van der Waals surface area contributed by atoms with Crippen LogP contribution in [0.2, 0.25) is 0 Å². The highest BCUT2D eigenvalue weighted by atomic mass is 35.5. The molecule has 1 aliphatic rings. The zero-order chi connectivity index (χ0) is 12.6. The molecule has 1 aromatic heterocycles. The van der Waals surface area contributed by atoms with Crippen LogP contribution in [0.4, 0.5) is 0 Å². The highest BCUT2D eigenvalue weighted by Gasteiger charge is 2.27. The zero-order valence-corrected chi connectivity index (χ0v) is 12.4. The molecule has 2 N–H and O–H groups in total. The van der Waals surface area contributed by atoms with E-state index in [9.17, 15) is 8.42 Å². The lowest BCUT2D eigenvalue weighted by Crippen LogP contribution is -2.36. The third-order valence-electron chi connectivity index (χ3n) is 3.09. The Bertz CT molecular complexity index is 520. The summed E-state index contributed by atoms with van der Waals surface area (Å²) in [4.78, 5) is 0.312. The lowest BCUT2D eigenvalue weighted by atomic mass is 10.3. The molecule has 1 atom stereocenters. The van der Waals surface area contributed by atoms with Crippen molar-refractivity contribution in [1.29, 1.82) is 0 Å². The molecule has 0 aromatic carbocycles. The van der Waals surface area contributed by atoms with Gasteiger partial charge < -0.3 is 5.32 Å². The SMILES string of the molecule is Cc1nn(C)c(C)c1S(=O)(=O)NC1CCNC1.Cl. The molecule has 0 bridgehead atoms. The van der Waals surface area contributed by atoms with Crippen molar-refractivity contribution in [2.75, 3.05) is 13.1 Å². The van der Waals surface area contributed by atoms with Gasteiger partial charge in [0.25, 0.3) is 0 Å². The van der Waals surface area contributed by atoms with Gasteiger partial charge in [0.1, 0.15) is 4.90 Å². The molecule has 18 heavy (non-hydrogen) atoms. The maximum absolute atomic E-state index is 12.3. The second-order valence-corrected chi connectivity index (χ2v) is 6.09. The maximum Gasteiger partial charge on any atom is 0.244 e. The van der Waals surface area contributed by atoms with Crippen molar-refractivity contribution in [1.82, 2.24) is 19.8 Å². The van der Waals surface area contributed by atoms with Crippen molar-refractivity contribution in [2.45, 2.75) is 31.2 Å². The Hall–Kier alpha value is -0.630. The first kappa shape index (κ1) is 15.4. The summed E-state index contributed by atoms with van der Waals surface area (Å²) in [6, 6.07) is -0.0148. The van der Waals surface area contributed by atoms with E-state index in [1.54, 1.807) is 25.6 Å². The van der Waals surface area contributed by atoms with Gasteiger partial charge in [-0.3, -0.25) is 4.68 Å². The minimum atomic E-state index is -3.46. The van der Waals surface area contributed by atoms with E-state index in [1.165, 1.54) is 0 Å². The van der Waals surface area contributed by atoms with E-state index >= 15 is 0 Å². The third-order valence-corrected chi connectivity index (χ3v) is 4.87. The van der Waals surface area contributed by atoms with Crippen LogP contribution in [0.25, 0.3) is 0 Å². The van der Waals surface area contributed by atoms with Crippen LogP contribution in [-0.4, -0.2) is 37.3 Å². The van der Waals surface area contributed by atoms with Gasteiger partial charge in [0.2, 0.25) is 10.0 Å². The lowest BCUT2D eigenvalue weighted by molar-refractivity contribution is 0.558. The minimum Gasteiger partial charge on any atom is -0.315 e. The average molecular weight is 295 g/mol. The van der Waals surface area contributed by atoms with Crippen molar-refractivity contribution in [2.24, 2.45) is 7.05 Å². The van der Waals surface area contributed by atoms with Crippen LogP contribution in [0.5, 0.6) is 0 Å². The molecule has 1 aliphatic heterocycles. The van der Waals surface area contributed by atoms with Crippen LogP contribution >= 0.6 is 12.4 Å². The predicted octanol–water partition coefficient (Wildman–Crippen LogP) is 0.0989. The van der Waals surface area contributed by atoms with Gasteiger partial charge in [0.15, 0.2) is 0 Å². The first-order chi connectivity index (χ1) is 7.92. The Labute approximate surface area is 114 Å². The monoisotopic (exact) mass is 294 g/mol. The molecule has 6 nitrogen and oxygen atoms in total. The number of hydrogen-bond acceptors (Lipinski definition) is 4. The van der Waals surface area contributed by atoms with Gasteiger partial charge in [-0.15, -0.1) is 12.4 Å². The first-order valence-electron chi connectivity index (χ1n) is 5.65. The third kappa shape index (κ3) is 2.85. The van der Waals surface area contributed by atoms with E-state index in [1.807, 2.05) is 0 Å². The molecular formula is C10H19ClN4O2S. The summed E-state index contributed by atoms with van der Waals surface area (Å²) in [5.41, 5.74) is 1.21. The number of halogens is 1. The molecule has 0 amide bonds. The van der Waals surface area contributed by atoms with Crippen LogP contribution in [0.3, 0.4) is 0 Å². The Morgan fingerprint density at radius 2 is 2.11 bits per heavy atom. The summed E-state index contributed by atoms with van der Waals surface area (Å²) in [6.07, 6.45) is 0.831. The number of aromatic nitrogens is 2. The van der Waals surface area contributed by atoms with Gasteiger partial charge in [0.05, 0.1) is 11.4 Å². The number of rotatable bonds is 3. The molecule has 1 unspecified atom stereocenters. The van der Waals surface area contributed by atoms with Crippen molar-refractivity contribution >= 4 is 22.4 Å². The largest absolute Gasteiger partial charge is 0.315 e. The molecule has 1 saturated heterocycles. The smallest absolute Gasteiger partial charge is 0.244 e. The van der Waals surface area contributed by atoms with Crippen LogP contribution in [0.1, 0.15) is 17.8 Å². The van der Waals surface area contributed by atoms with Crippen molar-refractivity contribution < 1.29 is 8.42 Å². The molecule has 104 valence electrons. The fourth-order valence-corrected chi connectivity index (χ4v) is 3.89. The maximum atomic E-state index is 12.3. The number of sulfonamides is 1. The minimum absolute atomic E-state index is 0. The number of aryl methyl sites for hydroxylation is 2. The Morgan fingerprint density at radius 3 is 2.56 bits per heavy atom. The van der Waals surface area contributed by atoms with Crippen LogP contribution in [-0.2, 0) is 17.1 Å². The van der Waals surface area contributed by atoms with Crippen molar-refractivity contribution in [3.05, 3.63) is 11.4 Å². The molecule has 0 radical (unpaired) electrons. The van der Waals surface area contributed by atoms with Crippen LogP contribution in [0.15, 0.2) is 4.90 Å². The summed E-state index contributed by atoms with van der Waals surface area (Å²) in [5.74, 6) is 0. The summed E-state index contributed by atoms with van der Waals surface area (Å²) < 4.78 is 28.8. The summed E-state index contributed by atoms with van der Waals surface area (Å²) in [7, 11) is -1.71. The van der Waals surface area contributed by atoms with Gasteiger partial charge in [0, 0.05) is 19.6 Å². The van der Waals surface area contributed by atoms with E-state index in [-0.39, 0.29) is 18.4 Å². The molecule has 1 aromatic rings. The summed E-state index contributed by atoms with van der Waals surface area (Å²) in [5, 5.41) is 7.27. The van der Waals surface area contributed by atoms with E-state index in [4.69, 9.17) is 0 Å². The first-order valence-corrected chi connectivity index (χ1v) is 7.13. The van der Waals surface area contributed by atoms with E-state index in [2.05, 4.69) is 15.1 Å². The molecule has 0 spiro atoms. The predicted molar refractivity (Wildman–Crippen MR) is 71.5 cm³/mol. The molecular weight excluding hydrogens is 276 g/mol. The van der Waals surface area contributed by atoms with E-state index < -0.39 is 10.0 Å². The number of nitrogens with zero attached hydrogens (tertiary/aromatic N) is 2. The van der Waals surface area contributed by atoms with Gasteiger partial charge in [-0.25, -0.2) is 13.1 Å². The fraction of sp³-hybridized carbons (Fsp3) is 0.700. The quantitative estimate of drug-likeness (QED) is 0.829. The average Bonchev–Trinajstić information content (AvgIpc) is 2.76. The van der Waals surface area contributed by atoms with E-state index in [0.29, 0.717) is 22.8 Å². The second-order valence-electron chi connectivity index (χ2n) is 4.43. The highest BCUT2D eigenvalue weighted by Crippen LogP contribution is 2.19. The normalized spacial score (nSPS) is 19.8. The topological polar surface area (TPSA) is 76.0 Å². The van der Waals surface area contributed by atoms with Gasteiger partial charge in [-0.2, -0.15) is 5.10 Å². The summed E-state index contributed by atoms with van der Waals surface area (Å²) in [6.45, 7) is 5.03. The molecule has 8 heteroatoms. The summed E-state index contributed by atoms with van der Waals surface area (Å²) >= 11 is 0. The second kappa shape index (κ2) is 5.56. The Morgan fingerprint density at radius 1 is 1.44 bits per heavy atom.